The molecule has 3 N–H and O–H groups in total. The number of anilines is 1. The Balaban J connectivity index is 2.28. The van der Waals surface area contributed by atoms with Crippen LogP contribution in [0.25, 0.3) is 0 Å². The summed E-state index contributed by atoms with van der Waals surface area (Å²) in [5.74, 6) is -1.17. The van der Waals surface area contributed by atoms with Crippen LogP contribution in [0.15, 0.2) is 24.3 Å². The van der Waals surface area contributed by atoms with Gasteiger partial charge in [-0.25, -0.2) is 4.79 Å². The lowest BCUT2D eigenvalue weighted by molar-refractivity contribution is -0.141. The molecule has 0 spiro atoms. The largest absolute Gasteiger partial charge is 0.481 e. The van der Waals surface area contributed by atoms with Gasteiger partial charge in [0.15, 0.2) is 0 Å². The molecule has 1 unspecified atom stereocenters. The first-order valence-electron chi connectivity index (χ1n) is 6.89. The van der Waals surface area contributed by atoms with Crippen LogP contribution < -0.4 is 10.6 Å². The quantitative estimate of drug-likeness (QED) is 0.671. The van der Waals surface area contributed by atoms with Crippen molar-refractivity contribution in [3.63, 3.8) is 0 Å². The zero-order valence-corrected chi connectivity index (χ0v) is 12.0. The van der Waals surface area contributed by atoms with Gasteiger partial charge in [0.05, 0.1) is 5.92 Å². The summed E-state index contributed by atoms with van der Waals surface area (Å²) >= 11 is 0. The van der Waals surface area contributed by atoms with E-state index in [4.69, 9.17) is 5.11 Å². The predicted molar refractivity (Wildman–Crippen MR) is 78.9 cm³/mol. The highest BCUT2D eigenvalue weighted by molar-refractivity contribution is 5.89. The second-order valence-corrected chi connectivity index (χ2v) is 4.82. The van der Waals surface area contributed by atoms with Crippen LogP contribution in [0.1, 0.15) is 32.3 Å². The van der Waals surface area contributed by atoms with Gasteiger partial charge in [-0.2, -0.15) is 0 Å². The molecule has 1 atom stereocenters. The molecule has 0 heterocycles. The minimum absolute atomic E-state index is 0.263. The molecule has 0 aromatic heterocycles. The highest BCUT2D eigenvalue weighted by atomic mass is 16.4. The minimum atomic E-state index is -0.800. The number of carbonyl (C=O) groups is 2. The van der Waals surface area contributed by atoms with Crippen LogP contribution in [0.2, 0.25) is 0 Å². The molecule has 5 nitrogen and oxygen atoms in total. The normalized spacial score (nSPS) is 11.7. The summed E-state index contributed by atoms with van der Waals surface area (Å²) in [5, 5.41) is 14.2. The molecule has 2 amide bonds. The highest BCUT2D eigenvalue weighted by Crippen LogP contribution is 2.10. The molecule has 0 bridgehead atoms. The van der Waals surface area contributed by atoms with Gasteiger partial charge in [0.25, 0.3) is 0 Å². The first kappa shape index (κ1) is 16.0. The molecular formula is C15H22N2O3. The third-order valence-electron chi connectivity index (χ3n) is 3.11. The Hall–Kier alpha value is -2.04. The molecule has 0 saturated heterocycles. The molecule has 20 heavy (non-hydrogen) atoms. The van der Waals surface area contributed by atoms with E-state index in [9.17, 15) is 9.59 Å². The van der Waals surface area contributed by atoms with Crippen LogP contribution in [0, 0.1) is 5.92 Å². The number of nitrogens with one attached hydrogen (secondary N) is 2. The summed E-state index contributed by atoms with van der Waals surface area (Å²) in [6.07, 6.45) is 2.13. The summed E-state index contributed by atoms with van der Waals surface area (Å²) in [6, 6.07) is 7.43. The van der Waals surface area contributed by atoms with Crippen LogP contribution in [-0.4, -0.2) is 23.7 Å². The van der Waals surface area contributed by atoms with E-state index in [0.29, 0.717) is 19.4 Å². The minimum Gasteiger partial charge on any atom is -0.481 e. The highest BCUT2D eigenvalue weighted by Gasteiger charge is 2.10. The molecule has 0 aliphatic carbocycles. The third kappa shape index (κ3) is 5.73. The number of carboxylic acids is 1. The Kier molecular flexibility index (Phi) is 6.56. The standard InChI is InChI=1S/C15H22N2O3/c1-3-12-7-4-8-13(10-12)17-15(20)16-9-5-6-11(2)14(18)19/h4,7-8,10-11H,3,5-6,9H2,1-2H3,(H,18,19)(H2,16,17,20). The Bertz CT molecular complexity index is 460. The summed E-state index contributed by atoms with van der Waals surface area (Å²) in [4.78, 5) is 22.3. The van der Waals surface area contributed by atoms with Gasteiger partial charge in [-0.05, 0) is 37.0 Å². The summed E-state index contributed by atoms with van der Waals surface area (Å²) in [6.45, 7) is 4.19. The van der Waals surface area contributed by atoms with Gasteiger partial charge < -0.3 is 15.7 Å². The monoisotopic (exact) mass is 278 g/mol. The number of aliphatic carboxylic acids is 1. The third-order valence-corrected chi connectivity index (χ3v) is 3.11. The number of carboxylic acid groups (broad SMARTS) is 1. The molecule has 1 rings (SSSR count). The first-order chi connectivity index (χ1) is 9.52. The average Bonchev–Trinajstić information content (AvgIpc) is 2.43. The molecular weight excluding hydrogens is 256 g/mol. The Morgan fingerprint density at radius 2 is 2.10 bits per heavy atom. The SMILES string of the molecule is CCc1cccc(NC(=O)NCCCC(C)C(=O)O)c1. The summed E-state index contributed by atoms with van der Waals surface area (Å²) < 4.78 is 0. The first-order valence-corrected chi connectivity index (χ1v) is 6.89. The van der Waals surface area contributed by atoms with Gasteiger partial charge in [0, 0.05) is 12.2 Å². The number of rotatable bonds is 7. The maximum Gasteiger partial charge on any atom is 0.319 e. The van der Waals surface area contributed by atoms with Crippen LogP contribution in [-0.2, 0) is 11.2 Å². The Labute approximate surface area is 119 Å². The van der Waals surface area contributed by atoms with Crippen LogP contribution in [0.3, 0.4) is 0 Å². The van der Waals surface area contributed by atoms with E-state index in [0.717, 1.165) is 17.7 Å². The topological polar surface area (TPSA) is 78.4 Å². The molecule has 0 aliphatic heterocycles. The molecule has 1 aromatic carbocycles. The van der Waals surface area contributed by atoms with Crippen molar-refractivity contribution in [3.05, 3.63) is 29.8 Å². The Morgan fingerprint density at radius 3 is 2.75 bits per heavy atom. The van der Waals surface area contributed by atoms with Gasteiger partial charge in [-0.1, -0.05) is 26.0 Å². The van der Waals surface area contributed by atoms with E-state index >= 15 is 0 Å². The van der Waals surface area contributed by atoms with Crippen molar-refractivity contribution in [1.29, 1.82) is 0 Å². The fourth-order valence-electron chi connectivity index (χ4n) is 1.78. The average molecular weight is 278 g/mol. The summed E-state index contributed by atoms with van der Waals surface area (Å²) in [7, 11) is 0. The van der Waals surface area contributed by atoms with E-state index < -0.39 is 5.97 Å². The van der Waals surface area contributed by atoms with Crippen LogP contribution in [0.4, 0.5) is 10.5 Å². The van der Waals surface area contributed by atoms with Gasteiger partial charge in [0.2, 0.25) is 0 Å². The van der Waals surface area contributed by atoms with E-state index in [2.05, 4.69) is 17.6 Å². The van der Waals surface area contributed by atoms with Crippen molar-refractivity contribution in [3.8, 4) is 0 Å². The lowest BCUT2D eigenvalue weighted by Gasteiger charge is -2.09. The number of carbonyl (C=O) groups excluding carboxylic acids is 1. The second-order valence-electron chi connectivity index (χ2n) is 4.82. The van der Waals surface area contributed by atoms with Crippen LogP contribution >= 0.6 is 0 Å². The number of hydrogen-bond donors (Lipinski definition) is 3. The molecule has 110 valence electrons. The van der Waals surface area contributed by atoms with Gasteiger partial charge >= 0.3 is 12.0 Å². The van der Waals surface area contributed by atoms with E-state index in [-0.39, 0.29) is 11.9 Å². The van der Waals surface area contributed by atoms with Crippen LogP contribution in [0.5, 0.6) is 0 Å². The molecule has 0 radical (unpaired) electrons. The van der Waals surface area contributed by atoms with Crippen molar-refractivity contribution in [2.75, 3.05) is 11.9 Å². The van der Waals surface area contributed by atoms with Gasteiger partial charge in [-0.15, -0.1) is 0 Å². The zero-order valence-electron chi connectivity index (χ0n) is 12.0. The molecule has 0 fully saturated rings. The van der Waals surface area contributed by atoms with E-state index in [1.807, 2.05) is 24.3 Å². The predicted octanol–water partition coefficient (Wildman–Crippen LogP) is 2.87. The lowest BCUT2D eigenvalue weighted by atomic mass is 10.1. The van der Waals surface area contributed by atoms with Gasteiger partial charge in [0.1, 0.15) is 0 Å². The van der Waals surface area contributed by atoms with E-state index in [1.54, 1.807) is 6.92 Å². The molecule has 0 saturated carbocycles. The summed E-state index contributed by atoms with van der Waals surface area (Å²) in [5.41, 5.74) is 1.93. The fraction of sp³-hybridized carbons (Fsp3) is 0.467. The number of aryl methyl sites for hydroxylation is 1. The maximum atomic E-state index is 11.7. The second kappa shape index (κ2) is 8.19. The van der Waals surface area contributed by atoms with Crippen molar-refractivity contribution in [1.82, 2.24) is 5.32 Å². The smallest absolute Gasteiger partial charge is 0.319 e. The number of benzene rings is 1. The van der Waals surface area contributed by atoms with Crippen molar-refractivity contribution >= 4 is 17.7 Å². The van der Waals surface area contributed by atoms with Crippen molar-refractivity contribution < 1.29 is 14.7 Å². The molecule has 0 aliphatic rings. The zero-order chi connectivity index (χ0) is 15.0. The number of hydrogen-bond acceptors (Lipinski definition) is 2. The Morgan fingerprint density at radius 1 is 1.35 bits per heavy atom. The maximum absolute atomic E-state index is 11.7. The van der Waals surface area contributed by atoms with Gasteiger partial charge in [-0.3, -0.25) is 4.79 Å². The molecule has 5 heteroatoms. The fourth-order valence-corrected chi connectivity index (χ4v) is 1.78. The molecule has 1 aromatic rings. The lowest BCUT2D eigenvalue weighted by Crippen LogP contribution is -2.30. The number of amides is 2. The van der Waals surface area contributed by atoms with Crippen molar-refractivity contribution in [2.45, 2.75) is 33.1 Å². The number of urea groups is 1. The van der Waals surface area contributed by atoms with E-state index in [1.165, 1.54) is 0 Å². The van der Waals surface area contributed by atoms with Crippen molar-refractivity contribution in [2.24, 2.45) is 5.92 Å².